The Bertz CT molecular complexity index is 818. The predicted molar refractivity (Wildman–Crippen MR) is 106 cm³/mol. The lowest BCUT2D eigenvalue weighted by Crippen LogP contribution is -2.47. The molecule has 6 rings (SSSR count). The van der Waals surface area contributed by atoms with E-state index in [4.69, 9.17) is 0 Å². The van der Waals surface area contributed by atoms with E-state index in [0.29, 0.717) is 12.2 Å². The molecule has 1 aromatic heterocycles. The summed E-state index contributed by atoms with van der Waals surface area (Å²) in [5.41, 5.74) is 2.76. The molecule has 1 N–H and O–H groups in total. The highest BCUT2D eigenvalue weighted by atomic mass is 16.1. The normalized spacial score (nSPS) is 31.2. The van der Waals surface area contributed by atoms with Gasteiger partial charge in [0.1, 0.15) is 0 Å². The minimum absolute atomic E-state index is 0.151. The van der Waals surface area contributed by atoms with Crippen LogP contribution in [0.4, 0.5) is 5.82 Å². The van der Waals surface area contributed by atoms with Crippen molar-refractivity contribution in [2.75, 3.05) is 5.32 Å². The first-order valence-electron chi connectivity index (χ1n) is 10.4. The zero-order valence-electron chi connectivity index (χ0n) is 16.2. The first-order chi connectivity index (χ1) is 13.1. The maximum absolute atomic E-state index is 12.7. The van der Waals surface area contributed by atoms with Gasteiger partial charge in [-0.05, 0) is 74.2 Å². The standard InChI is InChI=1S/C23H29N3O/c1-16-3-2-4-17(7-16)15-26-6-5-21(25-26)24-22(27)14-23-11-18-8-19(12-23)10-20(9-18)13-23/h2-7,18-20H,8-15H2,1H3,(H,24,25,27). The molecular weight excluding hydrogens is 334 g/mol. The molecule has 142 valence electrons. The van der Waals surface area contributed by atoms with Crippen LogP contribution in [0.5, 0.6) is 0 Å². The van der Waals surface area contributed by atoms with Crippen molar-refractivity contribution in [1.82, 2.24) is 9.78 Å². The average molecular weight is 364 g/mol. The van der Waals surface area contributed by atoms with Gasteiger partial charge in [-0.1, -0.05) is 29.8 Å². The number of benzene rings is 1. The summed E-state index contributed by atoms with van der Waals surface area (Å²) in [7, 11) is 0. The van der Waals surface area contributed by atoms with Gasteiger partial charge in [0, 0.05) is 18.7 Å². The molecule has 1 aromatic carbocycles. The topological polar surface area (TPSA) is 46.9 Å². The number of hydrogen-bond acceptors (Lipinski definition) is 2. The predicted octanol–water partition coefficient (Wildman–Crippen LogP) is 4.78. The Balaban J connectivity index is 1.21. The lowest BCUT2D eigenvalue weighted by atomic mass is 9.49. The number of rotatable bonds is 5. The smallest absolute Gasteiger partial charge is 0.226 e. The van der Waals surface area contributed by atoms with Crippen LogP contribution in [0.1, 0.15) is 56.1 Å². The molecule has 4 saturated carbocycles. The van der Waals surface area contributed by atoms with Crippen LogP contribution < -0.4 is 5.32 Å². The van der Waals surface area contributed by atoms with Gasteiger partial charge in [-0.15, -0.1) is 0 Å². The molecule has 0 radical (unpaired) electrons. The zero-order chi connectivity index (χ0) is 18.4. The average Bonchev–Trinajstić information content (AvgIpc) is 2.99. The summed E-state index contributed by atoms with van der Waals surface area (Å²) in [4.78, 5) is 12.7. The molecule has 0 atom stereocenters. The number of aromatic nitrogens is 2. The molecule has 4 bridgehead atoms. The summed E-state index contributed by atoms with van der Waals surface area (Å²) in [6.07, 6.45) is 10.7. The molecule has 4 aliphatic rings. The third-order valence-electron chi connectivity index (χ3n) is 7.04. The van der Waals surface area contributed by atoms with Crippen LogP contribution in [0.15, 0.2) is 36.5 Å². The number of carbonyl (C=O) groups is 1. The number of nitrogens with zero attached hydrogens (tertiary/aromatic N) is 2. The van der Waals surface area contributed by atoms with Crippen LogP contribution in [-0.2, 0) is 11.3 Å². The van der Waals surface area contributed by atoms with Gasteiger partial charge in [-0.2, -0.15) is 5.10 Å². The largest absolute Gasteiger partial charge is 0.309 e. The molecule has 1 heterocycles. The monoisotopic (exact) mass is 363 g/mol. The number of amides is 1. The van der Waals surface area contributed by atoms with E-state index in [1.54, 1.807) is 0 Å². The van der Waals surface area contributed by atoms with Gasteiger partial charge in [-0.25, -0.2) is 0 Å². The highest BCUT2D eigenvalue weighted by Gasteiger charge is 2.51. The maximum Gasteiger partial charge on any atom is 0.226 e. The van der Waals surface area contributed by atoms with E-state index < -0.39 is 0 Å². The first-order valence-corrected chi connectivity index (χ1v) is 10.4. The van der Waals surface area contributed by atoms with Crippen molar-refractivity contribution < 1.29 is 4.79 Å². The highest BCUT2D eigenvalue weighted by Crippen LogP contribution is 2.61. The van der Waals surface area contributed by atoms with E-state index in [2.05, 4.69) is 41.6 Å². The van der Waals surface area contributed by atoms with E-state index in [1.807, 2.05) is 16.9 Å². The Kier molecular flexibility index (Phi) is 4.10. The quantitative estimate of drug-likeness (QED) is 0.830. The minimum Gasteiger partial charge on any atom is -0.309 e. The Labute approximate surface area is 161 Å². The van der Waals surface area contributed by atoms with Crippen molar-refractivity contribution in [3.05, 3.63) is 47.7 Å². The molecule has 0 unspecified atom stereocenters. The van der Waals surface area contributed by atoms with Crippen molar-refractivity contribution in [1.29, 1.82) is 0 Å². The summed E-state index contributed by atoms with van der Waals surface area (Å²) in [5.74, 6) is 3.49. The van der Waals surface area contributed by atoms with Gasteiger partial charge in [0.25, 0.3) is 0 Å². The summed E-state index contributed by atoms with van der Waals surface area (Å²) < 4.78 is 1.90. The fourth-order valence-electron chi connectivity index (χ4n) is 6.55. The molecule has 0 spiro atoms. The van der Waals surface area contributed by atoms with Crippen LogP contribution in [-0.4, -0.2) is 15.7 Å². The fourth-order valence-corrected chi connectivity index (χ4v) is 6.55. The molecule has 2 aromatic rings. The number of hydrogen-bond donors (Lipinski definition) is 1. The number of aryl methyl sites for hydroxylation is 1. The lowest BCUT2D eigenvalue weighted by Gasteiger charge is -2.56. The van der Waals surface area contributed by atoms with Crippen molar-refractivity contribution in [3.63, 3.8) is 0 Å². The zero-order valence-corrected chi connectivity index (χ0v) is 16.2. The van der Waals surface area contributed by atoms with Gasteiger partial charge in [0.2, 0.25) is 5.91 Å². The summed E-state index contributed by atoms with van der Waals surface area (Å²) >= 11 is 0. The van der Waals surface area contributed by atoms with Crippen molar-refractivity contribution in [2.45, 2.75) is 58.4 Å². The van der Waals surface area contributed by atoms with Crippen molar-refractivity contribution >= 4 is 11.7 Å². The number of carbonyl (C=O) groups excluding carboxylic acids is 1. The summed E-state index contributed by atoms with van der Waals surface area (Å²) in [6.45, 7) is 2.83. The van der Waals surface area contributed by atoms with E-state index in [-0.39, 0.29) is 11.3 Å². The summed E-state index contributed by atoms with van der Waals surface area (Å²) in [6, 6.07) is 10.4. The second-order valence-electron chi connectivity index (χ2n) is 9.53. The number of anilines is 1. The second kappa shape index (κ2) is 6.50. The molecular formula is C23H29N3O. The van der Waals surface area contributed by atoms with Crippen LogP contribution in [0.25, 0.3) is 0 Å². The minimum atomic E-state index is 0.151. The molecule has 0 aliphatic heterocycles. The third kappa shape index (κ3) is 3.54. The van der Waals surface area contributed by atoms with E-state index in [0.717, 1.165) is 24.3 Å². The van der Waals surface area contributed by atoms with Crippen LogP contribution in [0, 0.1) is 30.1 Å². The van der Waals surface area contributed by atoms with Crippen LogP contribution >= 0.6 is 0 Å². The Hall–Kier alpha value is -2.10. The Morgan fingerprint density at radius 2 is 1.85 bits per heavy atom. The molecule has 4 aliphatic carbocycles. The molecule has 0 saturated heterocycles. The summed E-state index contributed by atoms with van der Waals surface area (Å²) in [5, 5.41) is 7.62. The van der Waals surface area contributed by atoms with E-state index in [1.165, 1.54) is 49.7 Å². The fraction of sp³-hybridized carbons (Fsp3) is 0.565. The molecule has 4 heteroatoms. The first kappa shape index (κ1) is 17.0. The number of nitrogens with one attached hydrogen (secondary N) is 1. The van der Waals surface area contributed by atoms with Crippen LogP contribution in [0.3, 0.4) is 0 Å². The Morgan fingerprint density at radius 1 is 1.15 bits per heavy atom. The SMILES string of the molecule is Cc1cccc(Cn2ccc(NC(=O)CC34CC5CC(CC(C5)C3)C4)n2)c1. The van der Waals surface area contributed by atoms with Crippen LogP contribution in [0.2, 0.25) is 0 Å². The van der Waals surface area contributed by atoms with Crippen molar-refractivity contribution in [3.8, 4) is 0 Å². The molecule has 27 heavy (non-hydrogen) atoms. The van der Waals surface area contributed by atoms with Gasteiger partial charge < -0.3 is 5.32 Å². The molecule has 4 nitrogen and oxygen atoms in total. The maximum atomic E-state index is 12.7. The van der Waals surface area contributed by atoms with Gasteiger partial charge in [-0.3, -0.25) is 9.48 Å². The Morgan fingerprint density at radius 3 is 2.52 bits per heavy atom. The molecule has 1 amide bonds. The second-order valence-corrected chi connectivity index (χ2v) is 9.53. The van der Waals surface area contributed by atoms with E-state index in [9.17, 15) is 4.79 Å². The lowest BCUT2D eigenvalue weighted by molar-refractivity contribution is -0.124. The van der Waals surface area contributed by atoms with E-state index >= 15 is 0 Å². The van der Waals surface area contributed by atoms with Gasteiger partial charge in [0.05, 0.1) is 6.54 Å². The van der Waals surface area contributed by atoms with Gasteiger partial charge in [0.15, 0.2) is 5.82 Å². The third-order valence-corrected chi connectivity index (χ3v) is 7.04. The van der Waals surface area contributed by atoms with Gasteiger partial charge >= 0.3 is 0 Å². The highest BCUT2D eigenvalue weighted by molar-refractivity contribution is 5.90. The molecule has 4 fully saturated rings. The van der Waals surface area contributed by atoms with Crippen molar-refractivity contribution in [2.24, 2.45) is 23.2 Å².